The summed E-state index contributed by atoms with van der Waals surface area (Å²) in [7, 11) is 0. The van der Waals surface area contributed by atoms with E-state index in [0.29, 0.717) is 6.04 Å². The average Bonchev–Trinajstić information content (AvgIpc) is 2.97. The molecule has 0 spiro atoms. The molecule has 1 N–H and O–H groups in total. The second-order valence-electron chi connectivity index (χ2n) is 5.15. The van der Waals surface area contributed by atoms with Crippen LogP contribution in [-0.4, -0.2) is 16.9 Å². The molecule has 0 radical (unpaired) electrons. The van der Waals surface area contributed by atoms with Crippen molar-refractivity contribution in [3.8, 4) is 0 Å². The monoisotopic (exact) mass is 250 g/mol. The molecule has 1 fully saturated rings. The van der Waals surface area contributed by atoms with Gasteiger partial charge in [-0.2, -0.15) is 0 Å². The van der Waals surface area contributed by atoms with Gasteiger partial charge in [-0.3, -0.25) is 4.79 Å². The molecule has 1 atom stereocenters. The van der Waals surface area contributed by atoms with Gasteiger partial charge >= 0.3 is 0 Å². The molecule has 2 aliphatic carbocycles. The Balaban J connectivity index is 1.60. The van der Waals surface area contributed by atoms with Crippen molar-refractivity contribution in [1.29, 1.82) is 0 Å². The van der Waals surface area contributed by atoms with Gasteiger partial charge in [-0.15, -0.1) is 11.3 Å². The average molecular weight is 250 g/mol. The van der Waals surface area contributed by atoms with Gasteiger partial charge in [0, 0.05) is 16.8 Å². The van der Waals surface area contributed by atoms with Gasteiger partial charge in [-0.1, -0.05) is 12.8 Å². The van der Waals surface area contributed by atoms with Crippen LogP contribution in [0.4, 0.5) is 0 Å². The van der Waals surface area contributed by atoms with E-state index >= 15 is 0 Å². The fourth-order valence-corrected chi connectivity index (χ4v) is 3.81. The molecule has 1 heterocycles. The Morgan fingerprint density at radius 2 is 2.18 bits per heavy atom. The molecule has 0 bridgehead atoms. The van der Waals surface area contributed by atoms with Crippen molar-refractivity contribution in [1.82, 2.24) is 10.3 Å². The van der Waals surface area contributed by atoms with Crippen LogP contribution in [0.5, 0.6) is 0 Å². The van der Waals surface area contributed by atoms with Crippen molar-refractivity contribution < 1.29 is 4.79 Å². The summed E-state index contributed by atoms with van der Waals surface area (Å²) in [6.45, 7) is 0. The molecule has 1 unspecified atom stereocenters. The maximum Gasteiger partial charge on any atom is 0.223 e. The Morgan fingerprint density at radius 3 is 3.00 bits per heavy atom. The quantitative estimate of drug-likeness (QED) is 0.875. The van der Waals surface area contributed by atoms with Crippen molar-refractivity contribution in [3.05, 3.63) is 16.1 Å². The molecule has 92 valence electrons. The highest BCUT2D eigenvalue weighted by Gasteiger charge is 2.28. The third-order valence-electron chi connectivity index (χ3n) is 3.96. The van der Waals surface area contributed by atoms with Gasteiger partial charge < -0.3 is 5.32 Å². The summed E-state index contributed by atoms with van der Waals surface area (Å²) >= 11 is 1.70. The number of fused-ring (bicyclic) bond motifs is 1. The fraction of sp³-hybridized carbons (Fsp3) is 0.692. The molecule has 3 nitrogen and oxygen atoms in total. The second-order valence-corrected chi connectivity index (χ2v) is 6.09. The molecule has 3 rings (SSSR count). The van der Waals surface area contributed by atoms with Gasteiger partial charge in [-0.25, -0.2) is 4.98 Å². The zero-order valence-electron chi connectivity index (χ0n) is 9.95. The molecule has 1 amide bonds. The number of rotatable bonds is 2. The lowest BCUT2D eigenvalue weighted by molar-refractivity contribution is -0.126. The summed E-state index contributed by atoms with van der Waals surface area (Å²) in [5.41, 5.74) is 3.13. The smallest absolute Gasteiger partial charge is 0.223 e. The molecule has 4 heteroatoms. The van der Waals surface area contributed by atoms with E-state index in [0.717, 1.165) is 19.3 Å². The molecule has 0 saturated heterocycles. The Hall–Kier alpha value is -0.900. The number of aromatic nitrogens is 1. The summed E-state index contributed by atoms with van der Waals surface area (Å²) in [6, 6.07) is 0.449. The SMILES string of the molecule is O=C(NC1CCCC1)C1CCc2ncsc2C1. The van der Waals surface area contributed by atoms with Gasteiger partial charge in [-0.05, 0) is 32.1 Å². The maximum absolute atomic E-state index is 12.2. The van der Waals surface area contributed by atoms with Crippen molar-refractivity contribution in [2.24, 2.45) is 5.92 Å². The minimum Gasteiger partial charge on any atom is -0.353 e. The molecule has 1 aromatic rings. The first-order chi connectivity index (χ1) is 8.33. The summed E-state index contributed by atoms with van der Waals surface area (Å²) < 4.78 is 0. The van der Waals surface area contributed by atoms with Gasteiger partial charge in [0.05, 0.1) is 11.2 Å². The number of nitrogens with one attached hydrogen (secondary N) is 1. The highest BCUT2D eigenvalue weighted by molar-refractivity contribution is 7.09. The minimum atomic E-state index is 0.184. The topological polar surface area (TPSA) is 42.0 Å². The number of thiazole rings is 1. The molecule has 0 aromatic carbocycles. The lowest BCUT2D eigenvalue weighted by Crippen LogP contribution is -2.39. The third-order valence-corrected chi connectivity index (χ3v) is 4.86. The van der Waals surface area contributed by atoms with Crippen LogP contribution < -0.4 is 5.32 Å². The number of aryl methyl sites for hydroxylation is 1. The summed E-state index contributed by atoms with van der Waals surface area (Å²) in [4.78, 5) is 17.8. The lowest BCUT2D eigenvalue weighted by Gasteiger charge is -2.22. The zero-order chi connectivity index (χ0) is 11.7. The Kier molecular flexibility index (Phi) is 3.14. The van der Waals surface area contributed by atoms with E-state index < -0.39 is 0 Å². The second kappa shape index (κ2) is 4.77. The molecule has 1 aromatic heterocycles. The number of nitrogens with zero attached hydrogens (tertiary/aromatic N) is 1. The van der Waals surface area contributed by atoms with E-state index in [2.05, 4.69) is 10.3 Å². The summed E-state index contributed by atoms with van der Waals surface area (Å²) in [6.07, 6.45) is 7.73. The van der Waals surface area contributed by atoms with Crippen LogP contribution in [0.1, 0.15) is 42.7 Å². The zero-order valence-corrected chi connectivity index (χ0v) is 10.8. The Bertz CT molecular complexity index is 409. The van der Waals surface area contributed by atoms with Crippen molar-refractivity contribution in [3.63, 3.8) is 0 Å². The van der Waals surface area contributed by atoms with E-state index in [9.17, 15) is 4.79 Å². The van der Waals surface area contributed by atoms with E-state index in [1.807, 2.05) is 5.51 Å². The predicted molar refractivity (Wildman–Crippen MR) is 68.0 cm³/mol. The Labute approximate surface area is 106 Å². The van der Waals surface area contributed by atoms with Crippen molar-refractivity contribution in [2.75, 3.05) is 0 Å². The van der Waals surface area contributed by atoms with Crippen LogP contribution in [0.2, 0.25) is 0 Å². The van der Waals surface area contributed by atoms with Crippen LogP contribution in [0.25, 0.3) is 0 Å². The van der Waals surface area contributed by atoms with E-state index in [1.54, 1.807) is 11.3 Å². The van der Waals surface area contributed by atoms with Crippen LogP contribution in [0, 0.1) is 5.92 Å². The van der Waals surface area contributed by atoms with Crippen molar-refractivity contribution in [2.45, 2.75) is 51.0 Å². The van der Waals surface area contributed by atoms with Crippen LogP contribution in [0.15, 0.2) is 5.51 Å². The largest absolute Gasteiger partial charge is 0.353 e. The number of carbonyl (C=O) groups excluding carboxylic acids is 1. The molecule has 2 aliphatic rings. The standard InChI is InChI=1S/C13H18N2OS/c16-13(15-10-3-1-2-4-10)9-5-6-11-12(7-9)17-8-14-11/h8-10H,1-7H2,(H,15,16). The first kappa shape index (κ1) is 11.2. The molecular formula is C13H18N2OS. The maximum atomic E-state index is 12.2. The molecular weight excluding hydrogens is 232 g/mol. The van der Waals surface area contributed by atoms with Gasteiger partial charge in [0.2, 0.25) is 5.91 Å². The fourth-order valence-electron chi connectivity index (χ4n) is 2.91. The summed E-state index contributed by atoms with van der Waals surface area (Å²) in [5.74, 6) is 0.458. The van der Waals surface area contributed by atoms with Crippen LogP contribution >= 0.6 is 11.3 Å². The molecule has 1 saturated carbocycles. The number of hydrogen-bond donors (Lipinski definition) is 1. The number of hydrogen-bond acceptors (Lipinski definition) is 3. The van der Waals surface area contributed by atoms with Gasteiger partial charge in [0.1, 0.15) is 0 Å². The lowest BCUT2D eigenvalue weighted by atomic mass is 9.90. The highest BCUT2D eigenvalue weighted by atomic mass is 32.1. The first-order valence-corrected chi connectivity index (χ1v) is 7.42. The molecule has 0 aliphatic heterocycles. The number of amides is 1. The minimum absolute atomic E-state index is 0.184. The van der Waals surface area contributed by atoms with Crippen LogP contribution in [-0.2, 0) is 17.6 Å². The van der Waals surface area contributed by atoms with E-state index in [-0.39, 0.29) is 11.8 Å². The van der Waals surface area contributed by atoms with E-state index in [1.165, 1.54) is 36.3 Å². The Morgan fingerprint density at radius 1 is 1.35 bits per heavy atom. The van der Waals surface area contributed by atoms with Crippen molar-refractivity contribution >= 4 is 17.2 Å². The van der Waals surface area contributed by atoms with Crippen LogP contribution in [0.3, 0.4) is 0 Å². The predicted octanol–water partition coefficient (Wildman–Crippen LogP) is 2.31. The number of carbonyl (C=O) groups is 1. The molecule has 17 heavy (non-hydrogen) atoms. The van der Waals surface area contributed by atoms with Gasteiger partial charge in [0.25, 0.3) is 0 Å². The normalized spacial score (nSPS) is 24.6. The van der Waals surface area contributed by atoms with Gasteiger partial charge in [0.15, 0.2) is 0 Å². The van der Waals surface area contributed by atoms with E-state index in [4.69, 9.17) is 0 Å². The third kappa shape index (κ3) is 2.37. The highest BCUT2D eigenvalue weighted by Crippen LogP contribution is 2.28. The summed E-state index contributed by atoms with van der Waals surface area (Å²) in [5, 5.41) is 3.22. The first-order valence-electron chi connectivity index (χ1n) is 6.54.